The minimum absolute atomic E-state index is 0.0179. The average molecular weight is 214 g/mol. The van der Waals surface area contributed by atoms with Crippen LogP contribution in [0.3, 0.4) is 0 Å². The highest BCUT2D eigenvalue weighted by atomic mass is 19.1. The van der Waals surface area contributed by atoms with Crippen LogP contribution in [0.15, 0.2) is 18.2 Å². The summed E-state index contributed by atoms with van der Waals surface area (Å²) in [6.07, 6.45) is 0. The number of rotatable bonds is 2. The lowest BCUT2D eigenvalue weighted by atomic mass is 10.3. The molecule has 5 heteroatoms. The van der Waals surface area contributed by atoms with Crippen LogP contribution in [0.25, 0.3) is 0 Å². The highest BCUT2D eigenvalue weighted by Gasteiger charge is 2.12. The number of carbonyl (C=O) groups is 1. The largest absolute Gasteiger partial charge is 0.295 e. The van der Waals surface area contributed by atoms with Gasteiger partial charge < -0.3 is 0 Å². The smallest absolute Gasteiger partial charge is 0.274 e. The molecule has 1 amide bonds. The number of hydroxylamine groups is 2. The van der Waals surface area contributed by atoms with Gasteiger partial charge in [-0.2, -0.15) is 4.39 Å². The maximum Gasteiger partial charge on any atom is 0.295 e. The molecule has 1 heterocycles. The van der Waals surface area contributed by atoms with Gasteiger partial charge in [-0.05, 0) is 12.1 Å². The van der Waals surface area contributed by atoms with Gasteiger partial charge in [-0.1, -0.05) is 19.9 Å². The van der Waals surface area contributed by atoms with E-state index in [2.05, 4.69) is 9.82 Å². The quantitative estimate of drug-likeness (QED) is 0.557. The Bertz CT molecular complexity index is 318. The third-order valence-corrected chi connectivity index (χ3v) is 1.49. The van der Waals surface area contributed by atoms with E-state index >= 15 is 0 Å². The van der Waals surface area contributed by atoms with Crippen LogP contribution < -0.4 is 0 Å². The van der Waals surface area contributed by atoms with Crippen molar-refractivity contribution in [1.82, 2.24) is 10.0 Å². The molecule has 0 radical (unpaired) electrons. The van der Waals surface area contributed by atoms with E-state index in [1.54, 1.807) is 0 Å². The standard InChI is InChI=1S/C8H9FN2O2.C2H6/c1-11(13-2)8(12)6-4-3-5-7(9)10-6;1-2/h3-5H,1-2H3;1-2H3. The number of carbonyl (C=O) groups excluding carboxylic acids is 1. The molecule has 0 fully saturated rings. The molecule has 0 aliphatic rings. The lowest BCUT2D eigenvalue weighted by molar-refractivity contribution is -0.0761. The van der Waals surface area contributed by atoms with Crippen LogP contribution in [-0.2, 0) is 4.84 Å². The summed E-state index contributed by atoms with van der Waals surface area (Å²) >= 11 is 0. The third kappa shape index (κ3) is 4.03. The van der Waals surface area contributed by atoms with Gasteiger partial charge in [0.05, 0.1) is 7.11 Å². The predicted molar refractivity (Wildman–Crippen MR) is 54.6 cm³/mol. The first kappa shape index (κ1) is 13.5. The van der Waals surface area contributed by atoms with E-state index in [0.717, 1.165) is 5.06 Å². The highest BCUT2D eigenvalue weighted by molar-refractivity contribution is 5.91. The Morgan fingerprint density at radius 1 is 1.47 bits per heavy atom. The zero-order chi connectivity index (χ0) is 11.8. The minimum Gasteiger partial charge on any atom is -0.274 e. The van der Waals surface area contributed by atoms with E-state index in [1.165, 1.54) is 32.4 Å². The minimum atomic E-state index is -0.685. The van der Waals surface area contributed by atoms with Crippen molar-refractivity contribution in [3.05, 3.63) is 29.8 Å². The lowest BCUT2D eigenvalue weighted by Crippen LogP contribution is -2.26. The number of hydrogen-bond donors (Lipinski definition) is 0. The van der Waals surface area contributed by atoms with Crippen molar-refractivity contribution in [3.8, 4) is 0 Å². The Hall–Kier alpha value is -1.49. The molecular weight excluding hydrogens is 199 g/mol. The van der Waals surface area contributed by atoms with Crippen molar-refractivity contribution in [2.75, 3.05) is 14.2 Å². The first-order valence-electron chi connectivity index (χ1n) is 4.60. The van der Waals surface area contributed by atoms with Crippen molar-refractivity contribution in [3.63, 3.8) is 0 Å². The van der Waals surface area contributed by atoms with E-state index in [1.807, 2.05) is 13.8 Å². The fraction of sp³-hybridized carbons (Fsp3) is 0.400. The number of hydrogen-bond acceptors (Lipinski definition) is 3. The number of halogens is 1. The number of amides is 1. The Kier molecular flexibility index (Phi) is 6.21. The molecule has 15 heavy (non-hydrogen) atoms. The molecule has 84 valence electrons. The maximum absolute atomic E-state index is 12.6. The van der Waals surface area contributed by atoms with Crippen LogP contribution in [0.4, 0.5) is 4.39 Å². The van der Waals surface area contributed by atoms with Gasteiger partial charge in [0.1, 0.15) is 5.69 Å². The van der Waals surface area contributed by atoms with Crippen molar-refractivity contribution < 1.29 is 14.0 Å². The molecule has 0 N–H and O–H groups in total. The van der Waals surface area contributed by atoms with E-state index in [9.17, 15) is 9.18 Å². The van der Waals surface area contributed by atoms with Crippen molar-refractivity contribution in [2.24, 2.45) is 0 Å². The summed E-state index contributed by atoms with van der Waals surface area (Å²) < 4.78 is 12.6. The van der Waals surface area contributed by atoms with Crippen molar-refractivity contribution in [1.29, 1.82) is 0 Å². The van der Waals surface area contributed by atoms with Crippen molar-refractivity contribution in [2.45, 2.75) is 13.8 Å². The molecule has 1 aromatic heterocycles. The summed E-state index contributed by atoms with van der Waals surface area (Å²) in [5.41, 5.74) is 0.0179. The summed E-state index contributed by atoms with van der Waals surface area (Å²) in [5, 5.41) is 0.974. The molecule has 4 nitrogen and oxygen atoms in total. The number of pyridine rings is 1. The Morgan fingerprint density at radius 2 is 2.07 bits per heavy atom. The Morgan fingerprint density at radius 3 is 2.53 bits per heavy atom. The van der Waals surface area contributed by atoms with Crippen LogP contribution in [0.5, 0.6) is 0 Å². The molecule has 0 atom stereocenters. The second-order valence-electron chi connectivity index (χ2n) is 2.33. The van der Waals surface area contributed by atoms with Gasteiger partial charge in [0.15, 0.2) is 0 Å². The van der Waals surface area contributed by atoms with Gasteiger partial charge in [0, 0.05) is 7.05 Å². The first-order chi connectivity index (χ1) is 7.15. The van der Waals surface area contributed by atoms with Gasteiger partial charge in [-0.3, -0.25) is 9.63 Å². The number of nitrogens with zero attached hydrogens (tertiary/aromatic N) is 2. The summed E-state index contributed by atoms with van der Waals surface area (Å²) in [7, 11) is 2.77. The predicted octanol–water partition coefficient (Wildman–Crippen LogP) is 1.88. The summed E-state index contributed by atoms with van der Waals surface area (Å²) in [6, 6.07) is 4.00. The first-order valence-corrected chi connectivity index (χ1v) is 4.60. The molecule has 0 unspecified atom stereocenters. The second kappa shape index (κ2) is 6.89. The second-order valence-corrected chi connectivity index (χ2v) is 2.33. The van der Waals surface area contributed by atoms with E-state index in [-0.39, 0.29) is 5.69 Å². The summed E-state index contributed by atoms with van der Waals surface area (Å²) in [6.45, 7) is 4.00. The molecule has 0 aliphatic heterocycles. The van der Waals surface area contributed by atoms with Gasteiger partial charge in [0.2, 0.25) is 5.95 Å². The molecule has 0 spiro atoms. The monoisotopic (exact) mass is 214 g/mol. The zero-order valence-corrected chi connectivity index (χ0v) is 9.32. The van der Waals surface area contributed by atoms with E-state index in [4.69, 9.17) is 0 Å². The van der Waals surface area contributed by atoms with E-state index in [0.29, 0.717) is 0 Å². The fourth-order valence-corrected chi connectivity index (χ4v) is 0.772. The molecule has 0 aliphatic carbocycles. The fourth-order valence-electron chi connectivity index (χ4n) is 0.772. The van der Waals surface area contributed by atoms with Crippen LogP contribution in [0.2, 0.25) is 0 Å². The van der Waals surface area contributed by atoms with Crippen molar-refractivity contribution >= 4 is 5.91 Å². The third-order valence-electron chi connectivity index (χ3n) is 1.49. The van der Waals surface area contributed by atoms with Crippen LogP contribution in [-0.4, -0.2) is 30.1 Å². The lowest BCUT2D eigenvalue weighted by Gasteiger charge is -2.12. The van der Waals surface area contributed by atoms with Gasteiger partial charge in [0.25, 0.3) is 5.91 Å². The Labute approximate surface area is 88.6 Å². The van der Waals surface area contributed by atoms with Crippen LogP contribution >= 0.6 is 0 Å². The van der Waals surface area contributed by atoms with E-state index < -0.39 is 11.9 Å². The zero-order valence-electron chi connectivity index (χ0n) is 9.32. The molecular formula is C10H15FN2O2. The van der Waals surface area contributed by atoms with Gasteiger partial charge in [-0.25, -0.2) is 10.0 Å². The summed E-state index contributed by atoms with van der Waals surface area (Å²) in [4.78, 5) is 19.3. The normalized spacial score (nSPS) is 8.87. The summed E-state index contributed by atoms with van der Waals surface area (Å²) in [5.74, 6) is -1.17. The molecule has 1 rings (SSSR count). The molecule has 1 aromatic rings. The molecule has 0 saturated heterocycles. The number of aromatic nitrogens is 1. The highest BCUT2D eigenvalue weighted by Crippen LogP contribution is 2.01. The van der Waals surface area contributed by atoms with Crippen LogP contribution in [0.1, 0.15) is 24.3 Å². The van der Waals surface area contributed by atoms with Gasteiger partial charge >= 0.3 is 0 Å². The average Bonchev–Trinajstić information content (AvgIpc) is 2.29. The van der Waals surface area contributed by atoms with Gasteiger partial charge in [-0.15, -0.1) is 0 Å². The molecule has 0 aromatic carbocycles. The maximum atomic E-state index is 12.6. The topological polar surface area (TPSA) is 42.4 Å². The van der Waals surface area contributed by atoms with Crippen LogP contribution in [0, 0.1) is 5.95 Å². The molecule has 0 saturated carbocycles. The Balaban J connectivity index is 0.000000921. The SMILES string of the molecule is CC.CON(C)C(=O)c1cccc(F)n1. The molecule has 0 bridgehead atoms.